The number of hydrogen-bond donors (Lipinski definition) is 1. The Bertz CT molecular complexity index is 658. The van der Waals surface area contributed by atoms with Crippen molar-refractivity contribution in [2.24, 2.45) is 0 Å². The van der Waals surface area contributed by atoms with E-state index in [2.05, 4.69) is 5.32 Å². The molecule has 0 radical (unpaired) electrons. The summed E-state index contributed by atoms with van der Waals surface area (Å²) in [4.78, 5) is 11.9. The average molecular weight is 303 g/mol. The lowest BCUT2D eigenvalue weighted by molar-refractivity contribution is -0.120. The van der Waals surface area contributed by atoms with Gasteiger partial charge in [-0.3, -0.25) is 4.79 Å². The second-order valence-electron chi connectivity index (χ2n) is 4.72. The minimum absolute atomic E-state index is 0.00510. The van der Waals surface area contributed by atoms with Gasteiger partial charge in [0.25, 0.3) is 0 Å². The van der Waals surface area contributed by atoms with Crippen LogP contribution in [0.2, 0.25) is 0 Å². The summed E-state index contributed by atoms with van der Waals surface area (Å²) >= 11 is 0. The molecule has 0 spiro atoms. The molecule has 2 aromatic rings. The Kier molecular flexibility index (Phi) is 5.36. The molecular formula is C17H18FNO3. The van der Waals surface area contributed by atoms with Crippen molar-refractivity contribution < 1.29 is 18.7 Å². The van der Waals surface area contributed by atoms with Crippen LogP contribution in [-0.4, -0.2) is 20.1 Å². The van der Waals surface area contributed by atoms with Crippen molar-refractivity contribution >= 4 is 5.91 Å². The molecule has 4 nitrogen and oxygen atoms in total. The fourth-order valence-corrected chi connectivity index (χ4v) is 2.07. The zero-order valence-corrected chi connectivity index (χ0v) is 12.6. The summed E-state index contributed by atoms with van der Waals surface area (Å²) in [5.74, 6) is 0.687. The first-order valence-electron chi connectivity index (χ1n) is 6.85. The average Bonchev–Trinajstić information content (AvgIpc) is 2.55. The second-order valence-corrected chi connectivity index (χ2v) is 4.72. The van der Waals surface area contributed by atoms with Gasteiger partial charge in [0, 0.05) is 18.2 Å². The fraction of sp³-hybridized carbons (Fsp3) is 0.235. The molecule has 2 aromatic carbocycles. The van der Waals surface area contributed by atoms with Gasteiger partial charge in [-0.25, -0.2) is 4.39 Å². The normalized spacial score (nSPS) is 10.1. The van der Waals surface area contributed by atoms with Crippen LogP contribution in [0.25, 0.3) is 0 Å². The minimum atomic E-state index is -0.375. The quantitative estimate of drug-likeness (QED) is 0.892. The van der Waals surface area contributed by atoms with Gasteiger partial charge in [0.1, 0.15) is 17.3 Å². The van der Waals surface area contributed by atoms with Crippen molar-refractivity contribution in [2.45, 2.75) is 13.0 Å². The molecule has 0 fully saturated rings. The van der Waals surface area contributed by atoms with Gasteiger partial charge in [0.2, 0.25) is 5.91 Å². The summed E-state index contributed by atoms with van der Waals surface area (Å²) in [6, 6.07) is 11.6. The van der Waals surface area contributed by atoms with Crippen LogP contribution < -0.4 is 14.8 Å². The molecule has 0 saturated heterocycles. The SMILES string of the molecule is COc1ccc(CNC(=O)Cc2ccccc2F)c(OC)c1. The molecule has 1 N–H and O–H groups in total. The number of hydrogen-bond acceptors (Lipinski definition) is 3. The number of ether oxygens (including phenoxy) is 2. The van der Waals surface area contributed by atoms with Gasteiger partial charge >= 0.3 is 0 Å². The van der Waals surface area contributed by atoms with Gasteiger partial charge in [-0.05, 0) is 23.8 Å². The van der Waals surface area contributed by atoms with Crippen LogP contribution in [0.4, 0.5) is 4.39 Å². The van der Waals surface area contributed by atoms with Crippen LogP contribution in [0.5, 0.6) is 11.5 Å². The lowest BCUT2D eigenvalue weighted by Crippen LogP contribution is -2.25. The first kappa shape index (κ1) is 15.8. The number of carbonyl (C=O) groups excluding carboxylic acids is 1. The highest BCUT2D eigenvalue weighted by atomic mass is 19.1. The zero-order chi connectivity index (χ0) is 15.9. The predicted octanol–water partition coefficient (Wildman–Crippen LogP) is 2.70. The van der Waals surface area contributed by atoms with Gasteiger partial charge in [0.15, 0.2) is 0 Å². The highest BCUT2D eigenvalue weighted by Crippen LogP contribution is 2.24. The van der Waals surface area contributed by atoms with Crippen LogP contribution in [0.1, 0.15) is 11.1 Å². The molecule has 1 amide bonds. The van der Waals surface area contributed by atoms with E-state index >= 15 is 0 Å². The molecule has 2 rings (SSSR count). The van der Waals surface area contributed by atoms with Crippen LogP contribution in [0.3, 0.4) is 0 Å². The third kappa shape index (κ3) is 3.97. The molecule has 0 bridgehead atoms. The third-order valence-corrected chi connectivity index (χ3v) is 3.28. The first-order valence-corrected chi connectivity index (χ1v) is 6.85. The number of benzene rings is 2. The summed E-state index contributed by atoms with van der Waals surface area (Å²) in [6.07, 6.45) is 0.00510. The highest BCUT2D eigenvalue weighted by molar-refractivity contribution is 5.78. The van der Waals surface area contributed by atoms with Crippen LogP contribution in [0.15, 0.2) is 42.5 Å². The van der Waals surface area contributed by atoms with Crippen molar-refractivity contribution in [1.82, 2.24) is 5.32 Å². The monoisotopic (exact) mass is 303 g/mol. The standard InChI is InChI=1S/C17H18FNO3/c1-21-14-8-7-13(16(10-14)22-2)11-19-17(20)9-12-5-3-4-6-15(12)18/h3-8,10H,9,11H2,1-2H3,(H,19,20). The van der Waals surface area contributed by atoms with E-state index < -0.39 is 0 Å². The van der Waals surface area contributed by atoms with Crippen LogP contribution in [-0.2, 0) is 17.8 Å². The third-order valence-electron chi connectivity index (χ3n) is 3.28. The molecular weight excluding hydrogens is 285 g/mol. The smallest absolute Gasteiger partial charge is 0.224 e. The zero-order valence-electron chi connectivity index (χ0n) is 12.6. The lowest BCUT2D eigenvalue weighted by Gasteiger charge is -2.11. The predicted molar refractivity (Wildman–Crippen MR) is 81.5 cm³/mol. The summed E-state index contributed by atoms with van der Waals surface area (Å²) in [6.45, 7) is 0.306. The van der Waals surface area contributed by atoms with E-state index in [0.29, 0.717) is 23.6 Å². The van der Waals surface area contributed by atoms with Gasteiger partial charge < -0.3 is 14.8 Å². The van der Waals surface area contributed by atoms with Crippen molar-refractivity contribution in [3.05, 3.63) is 59.4 Å². The number of rotatable bonds is 6. The van der Waals surface area contributed by atoms with Crippen molar-refractivity contribution in [3.63, 3.8) is 0 Å². The molecule has 116 valence electrons. The van der Waals surface area contributed by atoms with Crippen molar-refractivity contribution in [1.29, 1.82) is 0 Å². The van der Waals surface area contributed by atoms with Gasteiger partial charge in [-0.1, -0.05) is 18.2 Å². The Hall–Kier alpha value is -2.56. The van der Waals surface area contributed by atoms with E-state index in [1.165, 1.54) is 6.07 Å². The van der Waals surface area contributed by atoms with Crippen LogP contribution >= 0.6 is 0 Å². The Morgan fingerprint density at radius 3 is 2.55 bits per heavy atom. The Morgan fingerprint density at radius 1 is 1.09 bits per heavy atom. The molecule has 0 heterocycles. The van der Waals surface area contributed by atoms with Gasteiger partial charge in [-0.2, -0.15) is 0 Å². The Morgan fingerprint density at radius 2 is 1.86 bits per heavy atom. The van der Waals surface area contributed by atoms with E-state index in [1.807, 2.05) is 6.07 Å². The maximum absolute atomic E-state index is 13.5. The van der Waals surface area contributed by atoms with E-state index in [1.54, 1.807) is 44.6 Å². The summed E-state index contributed by atoms with van der Waals surface area (Å²) < 4.78 is 23.9. The topological polar surface area (TPSA) is 47.6 Å². The molecule has 0 aromatic heterocycles. The molecule has 0 aliphatic rings. The molecule has 0 atom stereocenters. The summed E-state index contributed by atoms with van der Waals surface area (Å²) in [7, 11) is 3.13. The summed E-state index contributed by atoms with van der Waals surface area (Å²) in [5.41, 5.74) is 1.20. The molecule has 0 unspecified atom stereocenters. The summed E-state index contributed by atoms with van der Waals surface area (Å²) in [5, 5.41) is 2.76. The van der Waals surface area contributed by atoms with E-state index in [4.69, 9.17) is 9.47 Å². The highest BCUT2D eigenvalue weighted by Gasteiger charge is 2.09. The number of halogens is 1. The van der Waals surface area contributed by atoms with Crippen molar-refractivity contribution in [2.75, 3.05) is 14.2 Å². The van der Waals surface area contributed by atoms with E-state index in [9.17, 15) is 9.18 Å². The number of nitrogens with one attached hydrogen (secondary N) is 1. The Balaban J connectivity index is 1.98. The maximum atomic E-state index is 13.5. The van der Waals surface area contributed by atoms with Crippen LogP contribution in [0, 0.1) is 5.82 Å². The van der Waals surface area contributed by atoms with Crippen molar-refractivity contribution in [3.8, 4) is 11.5 Å². The molecule has 22 heavy (non-hydrogen) atoms. The number of carbonyl (C=O) groups is 1. The molecule has 5 heteroatoms. The molecule has 0 aliphatic carbocycles. The van der Waals surface area contributed by atoms with Gasteiger partial charge in [0.05, 0.1) is 20.6 Å². The van der Waals surface area contributed by atoms with E-state index in [-0.39, 0.29) is 18.1 Å². The number of methoxy groups -OCH3 is 2. The first-order chi connectivity index (χ1) is 10.6. The van der Waals surface area contributed by atoms with Gasteiger partial charge in [-0.15, -0.1) is 0 Å². The molecule has 0 aliphatic heterocycles. The minimum Gasteiger partial charge on any atom is -0.497 e. The second kappa shape index (κ2) is 7.45. The Labute approximate surface area is 128 Å². The largest absolute Gasteiger partial charge is 0.497 e. The molecule has 0 saturated carbocycles. The lowest BCUT2D eigenvalue weighted by atomic mass is 10.1. The fourth-order valence-electron chi connectivity index (χ4n) is 2.07. The number of amides is 1. The van der Waals surface area contributed by atoms with E-state index in [0.717, 1.165) is 5.56 Å². The maximum Gasteiger partial charge on any atom is 0.224 e.